The molecule has 0 spiro atoms. The van der Waals surface area contributed by atoms with Gasteiger partial charge in [-0.25, -0.2) is 9.37 Å². The van der Waals surface area contributed by atoms with Crippen LogP contribution in [0.15, 0.2) is 66.7 Å². The number of thioether (sulfide) groups is 1. The van der Waals surface area contributed by atoms with E-state index in [0.29, 0.717) is 34.4 Å². The SMILES string of the molecule is CSC1CN(c2cccc(C(=O)N3CCc4cc(C(=O)Nc5c(C)cccc5F)sc4-c4ccccc43)n2)C1. The van der Waals surface area contributed by atoms with Crippen molar-refractivity contribution in [3.05, 3.63) is 94.2 Å². The van der Waals surface area contributed by atoms with E-state index >= 15 is 0 Å². The summed E-state index contributed by atoms with van der Waals surface area (Å²) in [6, 6.07) is 20.0. The first-order chi connectivity index (χ1) is 18.9. The first-order valence-electron chi connectivity index (χ1n) is 12.8. The van der Waals surface area contributed by atoms with Crippen molar-refractivity contribution in [3.8, 4) is 10.4 Å². The van der Waals surface area contributed by atoms with Crippen LogP contribution in [-0.2, 0) is 6.42 Å². The molecule has 0 aliphatic carbocycles. The highest BCUT2D eigenvalue weighted by molar-refractivity contribution is 7.99. The highest BCUT2D eigenvalue weighted by Gasteiger charge is 2.30. The third kappa shape index (κ3) is 4.81. The van der Waals surface area contributed by atoms with Crippen LogP contribution in [0.3, 0.4) is 0 Å². The zero-order valence-electron chi connectivity index (χ0n) is 21.6. The fourth-order valence-corrected chi connectivity index (χ4v) is 6.81. The molecule has 0 atom stereocenters. The summed E-state index contributed by atoms with van der Waals surface area (Å²) in [6.07, 6.45) is 2.70. The molecule has 6 rings (SSSR count). The van der Waals surface area contributed by atoms with Crippen molar-refractivity contribution in [3.63, 3.8) is 0 Å². The normalized spacial score (nSPS) is 14.7. The molecule has 4 aromatic rings. The Kier molecular flexibility index (Phi) is 6.86. The van der Waals surface area contributed by atoms with E-state index < -0.39 is 5.82 Å². The number of para-hydroxylation sites is 2. The number of thiophene rings is 1. The van der Waals surface area contributed by atoms with E-state index in [4.69, 9.17) is 4.98 Å². The monoisotopic (exact) mass is 558 g/mol. The van der Waals surface area contributed by atoms with Crippen molar-refractivity contribution < 1.29 is 14.0 Å². The Hall–Kier alpha value is -3.69. The third-order valence-corrected chi connectivity index (χ3v) is 9.42. The maximum atomic E-state index is 14.3. The quantitative estimate of drug-likeness (QED) is 0.313. The van der Waals surface area contributed by atoms with Crippen molar-refractivity contribution in [1.82, 2.24) is 4.98 Å². The topological polar surface area (TPSA) is 65.5 Å². The van der Waals surface area contributed by atoms with E-state index in [1.807, 2.05) is 54.2 Å². The Morgan fingerprint density at radius 1 is 1.08 bits per heavy atom. The predicted octanol–water partition coefficient (Wildman–Crippen LogP) is 6.26. The fourth-order valence-electron chi connectivity index (χ4n) is 5.02. The lowest BCUT2D eigenvalue weighted by molar-refractivity contribution is 0.0981. The van der Waals surface area contributed by atoms with Crippen molar-refractivity contribution >= 4 is 52.1 Å². The maximum Gasteiger partial charge on any atom is 0.276 e. The number of aromatic nitrogens is 1. The van der Waals surface area contributed by atoms with Crippen LogP contribution in [0.25, 0.3) is 10.4 Å². The molecular weight excluding hydrogens is 531 g/mol. The van der Waals surface area contributed by atoms with Crippen LogP contribution in [0.1, 0.15) is 31.3 Å². The number of carbonyl (C=O) groups excluding carboxylic acids is 2. The average Bonchev–Trinajstić information content (AvgIpc) is 3.28. The average molecular weight is 559 g/mol. The number of benzene rings is 2. The Morgan fingerprint density at radius 3 is 2.67 bits per heavy atom. The lowest BCUT2D eigenvalue weighted by Crippen LogP contribution is -2.49. The van der Waals surface area contributed by atoms with Gasteiger partial charge in [0.05, 0.1) is 16.3 Å². The Bertz CT molecular complexity index is 1560. The summed E-state index contributed by atoms with van der Waals surface area (Å²) in [7, 11) is 0. The minimum atomic E-state index is -0.461. The highest BCUT2D eigenvalue weighted by atomic mass is 32.2. The van der Waals surface area contributed by atoms with Gasteiger partial charge in [0, 0.05) is 35.3 Å². The van der Waals surface area contributed by atoms with E-state index in [2.05, 4.69) is 16.5 Å². The first-order valence-corrected chi connectivity index (χ1v) is 14.9. The highest BCUT2D eigenvalue weighted by Crippen LogP contribution is 2.42. The zero-order chi connectivity index (χ0) is 27.1. The van der Waals surface area contributed by atoms with Crippen LogP contribution in [0.4, 0.5) is 21.6 Å². The van der Waals surface area contributed by atoms with Gasteiger partial charge in [-0.15, -0.1) is 11.3 Å². The molecule has 9 heteroatoms. The number of nitrogens with one attached hydrogen (secondary N) is 1. The van der Waals surface area contributed by atoms with E-state index in [0.717, 1.165) is 40.6 Å². The Morgan fingerprint density at radius 2 is 1.87 bits per heavy atom. The van der Waals surface area contributed by atoms with Gasteiger partial charge in [-0.3, -0.25) is 9.59 Å². The molecule has 0 saturated carbocycles. The van der Waals surface area contributed by atoms with E-state index in [1.165, 1.54) is 17.4 Å². The van der Waals surface area contributed by atoms with E-state index in [-0.39, 0.29) is 17.5 Å². The molecule has 1 saturated heterocycles. The number of aryl methyl sites for hydroxylation is 1. The predicted molar refractivity (Wildman–Crippen MR) is 158 cm³/mol. The molecule has 6 nitrogen and oxygen atoms in total. The van der Waals surface area contributed by atoms with E-state index in [9.17, 15) is 14.0 Å². The number of hydrogen-bond acceptors (Lipinski definition) is 6. The molecule has 2 aliphatic rings. The van der Waals surface area contributed by atoms with Gasteiger partial charge in [0.1, 0.15) is 17.3 Å². The zero-order valence-corrected chi connectivity index (χ0v) is 23.2. The molecule has 1 N–H and O–H groups in total. The lowest BCUT2D eigenvalue weighted by Gasteiger charge is -2.39. The summed E-state index contributed by atoms with van der Waals surface area (Å²) in [5, 5.41) is 3.34. The second kappa shape index (κ2) is 10.5. The maximum absolute atomic E-state index is 14.3. The number of anilines is 3. The van der Waals surface area contributed by atoms with Gasteiger partial charge in [0.25, 0.3) is 11.8 Å². The summed E-state index contributed by atoms with van der Waals surface area (Å²) < 4.78 is 14.3. The molecule has 0 bridgehead atoms. The number of rotatable bonds is 5. The summed E-state index contributed by atoms with van der Waals surface area (Å²) in [6.45, 7) is 4.09. The first kappa shape index (κ1) is 25.6. The second-order valence-corrected chi connectivity index (χ2v) is 11.9. The van der Waals surface area contributed by atoms with Crippen LogP contribution in [0.5, 0.6) is 0 Å². The van der Waals surface area contributed by atoms with Crippen LogP contribution in [0.2, 0.25) is 0 Å². The minimum Gasteiger partial charge on any atom is -0.354 e. The molecule has 2 aromatic carbocycles. The van der Waals surface area contributed by atoms with Crippen molar-refractivity contribution in [2.24, 2.45) is 0 Å². The lowest BCUT2D eigenvalue weighted by atomic mass is 10.1. The number of halogens is 1. The van der Waals surface area contributed by atoms with Crippen LogP contribution >= 0.6 is 23.1 Å². The molecule has 39 heavy (non-hydrogen) atoms. The summed E-state index contributed by atoms with van der Waals surface area (Å²) in [5.41, 5.74) is 3.95. The van der Waals surface area contributed by atoms with Crippen molar-refractivity contribution in [1.29, 1.82) is 0 Å². The second-order valence-electron chi connectivity index (χ2n) is 9.72. The van der Waals surface area contributed by atoms with Crippen LogP contribution < -0.4 is 15.1 Å². The van der Waals surface area contributed by atoms with E-state index in [1.54, 1.807) is 30.0 Å². The summed E-state index contributed by atoms with van der Waals surface area (Å²) >= 11 is 3.21. The fraction of sp³-hybridized carbons (Fsp3) is 0.233. The number of carbonyl (C=O) groups is 2. The number of hydrogen-bond donors (Lipinski definition) is 1. The number of nitrogens with zero attached hydrogens (tertiary/aromatic N) is 3. The smallest absolute Gasteiger partial charge is 0.276 e. The molecule has 2 aromatic heterocycles. The molecule has 198 valence electrons. The van der Waals surface area contributed by atoms with Gasteiger partial charge in [-0.05, 0) is 61.1 Å². The van der Waals surface area contributed by atoms with Gasteiger partial charge in [0.2, 0.25) is 0 Å². The van der Waals surface area contributed by atoms with Gasteiger partial charge >= 0.3 is 0 Å². The van der Waals surface area contributed by atoms with Gasteiger partial charge in [-0.1, -0.05) is 36.4 Å². The standard InChI is InChI=1S/C30H27FN4O2S2/c1-18-7-5-9-22(31)27(18)33-29(36)25-15-19-13-14-35(24-11-4-3-8-21(24)28(19)39-25)30(37)23-10-6-12-26(32-23)34-16-20(17-34)38-2/h3-12,15,20H,13-14,16-17H2,1-2H3,(H,33,36). The third-order valence-electron chi connectivity index (χ3n) is 7.24. The summed E-state index contributed by atoms with van der Waals surface area (Å²) in [5.74, 6) is -0.122. The van der Waals surface area contributed by atoms with Crippen LogP contribution in [-0.4, -0.2) is 47.9 Å². The number of fused-ring (bicyclic) bond motifs is 3. The number of pyridine rings is 1. The van der Waals surface area contributed by atoms with Gasteiger partial charge < -0.3 is 15.1 Å². The molecule has 1 fully saturated rings. The van der Waals surface area contributed by atoms with Gasteiger partial charge in [0.15, 0.2) is 0 Å². The molecule has 4 heterocycles. The number of amides is 2. The molecule has 0 unspecified atom stereocenters. The largest absolute Gasteiger partial charge is 0.354 e. The molecule has 2 amide bonds. The Balaban J connectivity index is 1.28. The summed E-state index contributed by atoms with van der Waals surface area (Å²) in [4.78, 5) is 37.0. The Labute approximate surface area is 234 Å². The van der Waals surface area contributed by atoms with Crippen molar-refractivity contribution in [2.45, 2.75) is 18.6 Å². The molecule has 0 radical (unpaired) electrons. The minimum absolute atomic E-state index is 0.144. The molecular formula is C30H27FN4O2S2. The van der Waals surface area contributed by atoms with Crippen LogP contribution in [0, 0.1) is 12.7 Å². The van der Waals surface area contributed by atoms with Gasteiger partial charge in [-0.2, -0.15) is 11.8 Å². The molecule has 2 aliphatic heterocycles. The van der Waals surface area contributed by atoms with Crippen molar-refractivity contribution in [2.75, 3.05) is 41.0 Å².